The van der Waals surface area contributed by atoms with Crippen LogP contribution in [0.25, 0.3) is 0 Å². The molecule has 2 N–H and O–H groups in total. The second-order valence-corrected chi connectivity index (χ2v) is 8.05. The summed E-state index contributed by atoms with van der Waals surface area (Å²) in [6, 6.07) is 0. The third kappa shape index (κ3) is 8.64. The largest absolute Gasteiger partial charge is 0.330 e. The maximum absolute atomic E-state index is 11.6. The third-order valence-electron chi connectivity index (χ3n) is 3.25. The number of nitrogens with two attached hydrogens (primary N) is 1. The van der Waals surface area contributed by atoms with E-state index in [1.807, 2.05) is 0 Å². The molecule has 0 aliphatic heterocycles. The van der Waals surface area contributed by atoms with Crippen LogP contribution < -0.4 is 5.73 Å². The Labute approximate surface area is 111 Å². The van der Waals surface area contributed by atoms with Crippen LogP contribution in [0.4, 0.5) is 0 Å². The summed E-state index contributed by atoms with van der Waals surface area (Å²) in [6.07, 6.45) is 3.08. The van der Waals surface area contributed by atoms with Crippen LogP contribution >= 0.6 is 0 Å². The third-order valence-corrected chi connectivity index (χ3v) is 5.04. The number of hydrogen-bond donors (Lipinski definition) is 1. The van der Waals surface area contributed by atoms with Gasteiger partial charge in [0.1, 0.15) is 15.6 Å². The van der Waals surface area contributed by atoms with Crippen LogP contribution in [0.2, 0.25) is 0 Å². The Balaban J connectivity index is 3.86. The van der Waals surface area contributed by atoms with Gasteiger partial charge in [0.2, 0.25) is 0 Å². The summed E-state index contributed by atoms with van der Waals surface area (Å²) in [5.74, 6) is 0.443. The zero-order valence-electron chi connectivity index (χ0n) is 11.9. The minimum atomic E-state index is -2.94. The van der Waals surface area contributed by atoms with Crippen molar-refractivity contribution in [1.82, 2.24) is 0 Å². The fourth-order valence-corrected chi connectivity index (χ4v) is 2.62. The van der Waals surface area contributed by atoms with Crippen LogP contribution in [0.3, 0.4) is 0 Å². The molecule has 0 aromatic carbocycles. The topological polar surface area (TPSA) is 77.2 Å². The molecule has 0 fully saturated rings. The zero-order valence-corrected chi connectivity index (χ0v) is 12.7. The molecule has 5 heteroatoms. The van der Waals surface area contributed by atoms with Crippen molar-refractivity contribution < 1.29 is 13.2 Å². The smallest absolute Gasteiger partial charge is 0.150 e. The van der Waals surface area contributed by atoms with Crippen molar-refractivity contribution in [2.45, 2.75) is 52.9 Å². The second-order valence-electron chi connectivity index (χ2n) is 5.58. The number of hydrogen-bond acceptors (Lipinski definition) is 4. The number of carbonyl (C=O) groups is 1. The van der Waals surface area contributed by atoms with Crippen molar-refractivity contribution >= 4 is 15.6 Å². The van der Waals surface area contributed by atoms with E-state index >= 15 is 0 Å². The van der Waals surface area contributed by atoms with Crippen LogP contribution in [0.15, 0.2) is 0 Å². The zero-order chi connectivity index (χ0) is 14.2. The van der Waals surface area contributed by atoms with Crippen molar-refractivity contribution in [1.29, 1.82) is 0 Å². The first-order valence-electron chi connectivity index (χ1n) is 6.64. The number of Topliss-reactive ketones (excluding diaryl/α,β-unsaturated/α-hetero) is 1. The summed E-state index contributed by atoms with van der Waals surface area (Å²) < 4.78 is 22.5. The molecule has 0 aromatic heterocycles. The average Bonchev–Trinajstić information content (AvgIpc) is 2.26. The lowest BCUT2D eigenvalue weighted by atomic mass is 9.83. The molecule has 0 heterocycles. The molecule has 0 unspecified atom stereocenters. The Morgan fingerprint density at radius 2 is 1.78 bits per heavy atom. The summed E-state index contributed by atoms with van der Waals surface area (Å²) in [6.45, 7) is 6.48. The van der Waals surface area contributed by atoms with Crippen LogP contribution in [0, 0.1) is 5.41 Å². The summed E-state index contributed by atoms with van der Waals surface area (Å²) >= 11 is 0. The van der Waals surface area contributed by atoms with Gasteiger partial charge < -0.3 is 5.73 Å². The van der Waals surface area contributed by atoms with Crippen LogP contribution in [0.5, 0.6) is 0 Å². The van der Waals surface area contributed by atoms with Crippen molar-refractivity contribution in [3.8, 4) is 0 Å². The molecule has 0 bridgehead atoms. The van der Waals surface area contributed by atoms with Crippen molar-refractivity contribution in [3.63, 3.8) is 0 Å². The second kappa shape index (κ2) is 7.89. The molecule has 0 aliphatic carbocycles. The van der Waals surface area contributed by atoms with E-state index in [-0.39, 0.29) is 22.7 Å². The maximum Gasteiger partial charge on any atom is 0.150 e. The maximum atomic E-state index is 11.6. The first-order chi connectivity index (χ1) is 8.22. The van der Waals surface area contributed by atoms with Gasteiger partial charge in [0.05, 0.1) is 5.75 Å². The van der Waals surface area contributed by atoms with Crippen molar-refractivity contribution in [2.24, 2.45) is 11.1 Å². The lowest BCUT2D eigenvalue weighted by Gasteiger charge is -2.23. The molecule has 108 valence electrons. The van der Waals surface area contributed by atoms with E-state index in [1.165, 1.54) is 0 Å². The highest BCUT2D eigenvalue weighted by atomic mass is 32.2. The Morgan fingerprint density at radius 1 is 1.17 bits per heavy atom. The molecule has 0 atom stereocenters. The number of ketones is 1. The van der Waals surface area contributed by atoms with Gasteiger partial charge in [0.25, 0.3) is 0 Å². The van der Waals surface area contributed by atoms with Gasteiger partial charge in [-0.2, -0.15) is 0 Å². The van der Waals surface area contributed by atoms with Gasteiger partial charge in [-0.05, 0) is 31.2 Å². The van der Waals surface area contributed by atoms with Crippen LogP contribution in [-0.4, -0.2) is 32.3 Å². The molecular formula is C13H27NO3S. The number of sulfone groups is 1. The highest BCUT2D eigenvalue weighted by Gasteiger charge is 2.18. The van der Waals surface area contributed by atoms with E-state index < -0.39 is 9.84 Å². The normalized spacial score (nSPS) is 12.7. The Morgan fingerprint density at radius 3 is 2.28 bits per heavy atom. The van der Waals surface area contributed by atoms with Crippen LogP contribution in [0.1, 0.15) is 52.9 Å². The number of carbonyl (C=O) groups excluding carboxylic acids is 1. The molecule has 4 nitrogen and oxygen atoms in total. The summed E-state index contributed by atoms with van der Waals surface area (Å²) in [5.41, 5.74) is 5.61. The van der Waals surface area contributed by atoms with Gasteiger partial charge in [-0.1, -0.05) is 20.8 Å². The lowest BCUT2D eigenvalue weighted by Crippen LogP contribution is -2.18. The van der Waals surface area contributed by atoms with E-state index in [4.69, 9.17) is 5.73 Å². The SMILES string of the molecule is CCS(=O)(=O)CCCC(=O)CCC(C)(C)CCN. The van der Waals surface area contributed by atoms with Gasteiger partial charge in [-0.15, -0.1) is 0 Å². The predicted octanol–water partition coefficient (Wildman–Crippen LogP) is 1.93. The first kappa shape index (κ1) is 17.6. The molecule has 0 spiro atoms. The Bertz CT molecular complexity index is 347. The van der Waals surface area contributed by atoms with Gasteiger partial charge in [-0.25, -0.2) is 8.42 Å². The standard InChI is InChI=1S/C13H27NO3S/c1-4-18(16,17)11-5-6-12(15)7-8-13(2,3)9-10-14/h4-11,14H2,1-3H3. The fourth-order valence-electron chi connectivity index (χ4n) is 1.75. The van der Waals surface area contributed by atoms with E-state index in [9.17, 15) is 13.2 Å². The molecule has 0 amide bonds. The minimum absolute atomic E-state index is 0.0971. The van der Waals surface area contributed by atoms with Crippen LogP contribution in [-0.2, 0) is 14.6 Å². The predicted molar refractivity (Wildman–Crippen MR) is 75.3 cm³/mol. The van der Waals surface area contributed by atoms with E-state index in [1.54, 1.807) is 6.92 Å². The molecule has 0 aromatic rings. The molecule has 0 radical (unpaired) electrons. The highest BCUT2D eigenvalue weighted by molar-refractivity contribution is 7.91. The van der Waals surface area contributed by atoms with E-state index in [0.717, 1.165) is 12.8 Å². The highest BCUT2D eigenvalue weighted by Crippen LogP contribution is 2.26. The van der Waals surface area contributed by atoms with E-state index in [0.29, 0.717) is 25.8 Å². The summed E-state index contributed by atoms with van der Waals surface area (Å²) in [5, 5.41) is 0. The monoisotopic (exact) mass is 277 g/mol. The minimum Gasteiger partial charge on any atom is -0.330 e. The van der Waals surface area contributed by atoms with E-state index in [2.05, 4.69) is 13.8 Å². The Kier molecular flexibility index (Phi) is 7.71. The molecule has 0 rings (SSSR count). The quantitative estimate of drug-likeness (QED) is 0.662. The molecule has 18 heavy (non-hydrogen) atoms. The molecule has 0 saturated carbocycles. The number of rotatable bonds is 10. The van der Waals surface area contributed by atoms with Crippen molar-refractivity contribution in [3.05, 3.63) is 0 Å². The molecule has 0 saturated heterocycles. The van der Waals surface area contributed by atoms with Gasteiger partial charge in [-0.3, -0.25) is 4.79 Å². The molecular weight excluding hydrogens is 250 g/mol. The Hall–Kier alpha value is -0.420. The first-order valence-corrected chi connectivity index (χ1v) is 8.47. The lowest BCUT2D eigenvalue weighted by molar-refractivity contribution is -0.119. The fraction of sp³-hybridized carbons (Fsp3) is 0.923. The average molecular weight is 277 g/mol. The van der Waals surface area contributed by atoms with Crippen molar-refractivity contribution in [2.75, 3.05) is 18.1 Å². The van der Waals surface area contributed by atoms with Gasteiger partial charge in [0.15, 0.2) is 0 Å². The summed E-state index contributed by atoms with van der Waals surface area (Å²) in [4.78, 5) is 11.6. The molecule has 0 aliphatic rings. The summed E-state index contributed by atoms with van der Waals surface area (Å²) in [7, 11) is -2.94. The van der Waals surface area contributed by atoms with Gasteiger partial charge >= 0.3 is 0 Å². The van der Waals surface area contributed by atoms with Gasteiger partial charge in [0, 0.05) is 18.6 Å².